The standard InChI is InChI=1S/C52H31N3O2/c1-3-12-31(13-4-1)50-53-51(32-14-5-2-6-15-32)55-52(54-50)35-23-25-37-43-29-34(24-27-45(43)57-47(37)30-35)33-22-26-39-42(28-33)36-16-7-8-17-38(36)48(39)41-19-11-21-46-49(41)40-18-9-10-20-44(40)56-46/h1-30,48H. The van der Waals surface area contributed by atoms with Crippen molar-refractivity contribution in [1.82, 2.24) is 15.0 Å². The van der Waals surface area contributed by atoms with Crippen LogP contribution in [-0.2, 0) is 0 Å². The minimum atomic E-state index is 0.0985. The highest BCUT2D eigenvalue weighted by Crippen LogP contribution is 2.51. The number of para-hydroxylation sites is 1. The molecule has 5 nitrogen and oxygen atoms in total. The first-order valence-electron chi connectivity index (χ1n) is 19.2. The Hall–Kier alpha value is -7.63. The number of hydrogen-bond acceptors (Lipinski definition) is 5. The van der Waals surface area contributed by atoms with Crippen LogP contribution >= 0.6 is 0 Å². The normalized spacial score (nSPS) is 13.4. The van der Waals surface area contributed by atoms with E-state index in [9.17, 15) is 0 Å². The van der Waals surface area contributed by atoms with Gasteiger partial charge < -0.3 is 8.83 Å². The molecule has 1 aliphatic carbocycles. The summed E-state index contributed by atoms with van der Waals surface area (Å²) < 4.78 is 12.8. The van der Waals surface area contributed by atoms with Crippen LogP contribution in [0.2, 0.25) is 0 Å². The predicted octanol–water partition coefficient (Wildman–Crippen LogP) is 13.5. The maximum Gasteiger partial charge on any atom is 0.164 e. The highest BCUT2D eigenvalue weighted by molar-refractivity contribution is 6.09. The van der Waals surface area contributed by atoms with E-state index in [4.69, 9.17) is 23.8 Å². The number of nitrogens with zero attached hydrogens (tertiary/aromatic N) is 3. The topological polar surface area (TPSA) is 65.0 Å². The van der Waals surface area contributed by atoms with E-state index in [0.717, 1.165) is 66.3 Å². The Bertz CT molecular complexity index is 3310. The third kappa shape index (κ3) is 5.06. The third-order valence-electron chi connectivity index (χ3n) is 11.4. The van der Waals surface area contributed by atoms with Gasteiger partial charge in [-0.05, 0) is 81.4 Å². The second-order valence-corrected chi connectivity index (χ2v) is 14.7. The first-order valence-corrected chi connectivity index (χ1v) is 19.2. The van der Waals surface area contributed by atoms with Crippen LogP contribution in [0.1, 0.15) is 22.6 Å². The van der Waals surface area contributed by atoms with Crippen molar-refractivity contribution in [3.05, 3.63) is 199 Å². The number of benzene rings is 8. The SMILES string of the molecule is c1ccc(-c2nc(-c3ccccc3)nc(-c3ccc4c(c3)oc3ccc(-c5ccc6c(c5)-c5ccccc5C6c5cccc6oc7ccccc7c56)cc34)n2)cc1. The molecule has 3 aromatic heterocycles. The highest BCUT2D eigenvalue weighted by Gasteiger charge is 2.32. The highest BCUT2D eigenvalue weighted by atomic mass is 16.3. The number of hydrogen-bond donors (Lipinski definition) is 0. The Labute approximate surface area is 327 Å². The van der Waals surface area contributed by atoms with Gasteiger partial charge in [-0.2, -0.15) is 0 Å². The molecule has 11 aromatic rings. The molecule has 0 bridgehead atoms. The van der Waals surface area contributed by atoms with Crippen LogP contribution in [0.5, 0.6) is 0 Å². The summed E-state index contributed by atoms with van der Waals surface area (Å²) >= 11 is 0. The van der Waals surface area contributed by atoms with Crippen molar-refractivity contribution in [3.63, 3.8) is 0 Å². The Balaban J connectivity index is 0.947. The van der Waals surface area contributed by atoms with Gasteiger partial charge in [-0.25, -0.2) is 15.0 Å². The Kier molecular flexibility index (Phi) is 6.92. The monoisotopic (exact) mass is 729 g/mol. The number of furan rings is 2. The van der Waals surface area contributed by atoms with E-state index in [1.807, 2.05) is 72.8 Å². The molecule has 266 valence electrons. The fourth-order valence-corrected chi connectivity index (χ4v) is 8.79. The molecular weight excluding hydrogens is 699 g/mol. The molecule has 0 saturated heterocycles. The van der Waals surface area contributed by atoms with Crippen LogP contribution in [0.15, 0.2) is 191 Å². The molecule has 1 unspecified atom stereocenters. The molecule has 0 amide bonds. The molecule has 1 atom stereocenters. The van der Waals surface area contributed by atoms with Gasteiger partial charge in [-0.15, -0.1) is 0 Å². The van der Waals surface area contributed by atoms with Crippen molar-refractivity contribution in [2.75, 3.05) is 0 Å². The second-order valence-electron chi connectivity index (χ2n) is 14.7. The van der Waals surface area contributed by atoms with E-state index in [-0.39, 0.29) is 5.92 Å². The summed E-state index contributed by atoms with van der Waals surface area (Å²) in [6.07, 6.45) is 0. The molecule has 57 heavy (non-hydrogen) atoms. The quantitative estimate of drug-likeness (QED) is 0.176. The lowest BCUT2D eigenvalue weighted by atomic mass is 9.86. The van der Waals surface area contributed by atoms with Crippen LogP contribution in [0.4, 0.5) is 0 Å². The van der Waals surface area contributed by atoms with Gasteiger partial charge in [-0.1, -0.05) is 140 Å². The van der Waals surface area contributed by atoms with Gasteiger partial charge in [0.05, 0.1) is 0 Å². The molecule has 0 spiro atoms. The van der Waals surface area contributed by atoms with Gasteiger partial charge in [0.25, 0.3) is 0 Å². The van der Waals surface area contributed by atoms with Gasteiger partial charge in [0, 0.05) is 44.2 Å². The predicted molar refractivity (Wildman–Crippen MR) is 229 cm³/mol. The van der Waals surface area contributed by atoms with Crippen molar-refractivity contribution < 1.29 is 8.83 Å². The van der Waals surface area contributed by atoms with E-state index in [1.165, 1.54) is 33.2 Å². The lowest BCUT2D eigenvalue weighted by Crippen LogP contribution is -2.00. The Morgan fingerprint density at radius 1 is 0.316 bits per heavy atom. The van der Waals surface area contributed by atoms with Gasteiger partial charge in [0.2, 0.25) is 0 Å². The molecule has 8 aromatic carbocycles. The molecule has 0 N–H and O–H groups in total. The summed E-state index contributed by atoms with van der Waals surface area (Å²) in [7, 11) is 0. The lowest BCUT2D eigenvalue weighted by molar-refractivity contribution is 0.668. The van der Waals surface area contributed by atoms with Gasteiger partial charge in [0.1, 0.15) is 22.3 Å². The molecule has 0 fully saturated rings. The summed E-state index contributed by atoms with van der Waals surface area (Å²) in [4.78, 5) is 14.7. The second kappa shape index (κ2) is 12.4. The zero-order valence-electron chi connectivity index (χ0n) is 30.6. The molecule has 1 aliphatic rings. The molecule has 5 heteroatoms. The molecule has 3 heterocycles. The van der Waals surface area contributed by atoms with E-state index < -0.39 is 0 Å². The minimum Gasteiger partial charge on any atom is -0.456 e. The molecular formula is C52H31N3O2. The van der Waals surface area contributed by atoms with Crippen molar-refractivity contribution in [2.24, 2.45) is 0 Å². The zero-order chi connectivity index (χ0) is 37.5. The van der Waals surface area contributed by atoms with Crippen LogP contribution < -0.4 is 0 Å². The van der Waals surface area contributed by atoms with Crippen molar-refractivity contribution in [1.29, 1.82) is 0 Å². The molecule has 0 saturated carbocycles. The molecule has 12 rings (SSSR count). The van der Waals surface area contributed by atoms with Crippen molar-refractivity contribution in [2.45, 2.75) is 5.92 Å². The average molecular weight is 730 g/mol. The van der Waals surface area contributed by atoms with E-state index >= 15 is 0 Å². The summed E-state index contributed by atoms with van der Waals surface area (Å²) in [5, 5.41) is 4.45. The number of aromatic nitrogens is 3. The van der Waals surface area contributed by atoms with Crippen molar-refractivity contribution >= 4 is 43.9 Å². The summed E-state index contributed by atoms with van der Waals surface area (Å²) in [5.74, 6) is 1.95. The summed E-state index contributed by atoms with van der Waals surface area (Å²) in [6, 6.07) is 63.4. The van der Waals surface area contributed by atoms with E-state index in [2.05, 4.69) is 109 Å². The maximum absolute atomic E-state index is 6.50. The Morgan fingerprint density at radius 2 is 0.895 bits per heavy atom. The summed E-state index contributed by atoms with van der Waals surface area (Å²) in [6.45, 7) is 0. The van der Waals surface area contributed by atoms with Gasteiger partial charge >= 0.3 is 0 Å². The first kappa shape index (κ1) is 31.7. The molecule has 0 radical (unpaired) electrons. The molecule has 0 aliphatic heterocycles. The fraction of sp³-hybridized carbons (Fsp3) is 0.0192. The Morgan fingerprint density at radius 3 is 1.70 bits per heavy atom. The van der Waals surface area contributed by atoms with E-state index in [1.54, 1.807) is 0 Å². The number of rotatable bonds is 5. The summed E-state index contributed by atoms with van der Waals surface area (Å²) in [5.41, 5.74) is 14.9. The van der Waals surface area contributed by atoms with Crippen LogP contribution in [-0.4, -0.2) is 15.0 Å². The lowest BCUT2D eigenvalue weighted by Gasteiger charge is -2.16. The van der Waals surface area contributed by atoms with Crippen LogP contribution in [0, 0.1) is 0 Å². The average Bonchev–Trinajstić information content (AvgIpc) is 3.95. The zero-order valence-corrected chi connectivity index (χ0v) is 30.6. The smallest absolute Gasteiger partial charge is 0.164 e. The fourth-order valence-electron chi connectivity index (χ4n) is 8.79. The largest absolute Gasteiger partial charge is 0.456 e. The van der Waals surface area contributed by atoms with Gasteiger partial charge in [-0.3, -0.25) is 0 Å². The maximum atomic E-state index is 6.50. The van der Waals surface area contributed by atoms with Gasteiger partial charge in [0.15, 0.2) is 17.5 Å². The van der Waals surface area contributed by atoms with Crippen LogP contribution in [0.3, 0.4) is 0 Å². The van der Waals surface area contributed by atoms with E-state index in [0.29, 0.717) is 17.5 Å². The minimum absolute atomic E-state index is 0.0985. The first-order chi connectivity index (χ1) is 28.2. The third-order valence-corrected chi connectivity index (χ3v) is 11.4. The van der Waals surface area contributed by atoms with Crippen molar-refractivity contribution in [3.8, 4) is 56.4 Å². The van der Waals surface area contributed by atoms with Crippen LogP contribution in [0.25, 0.3) is 100 Å². The number of fused-ring (bicyclic) bond motifs is 9.